The van der Waals surface area contributed by atoms with Crippen LogP contribution in [0.1, 0.15) is 77.8 Å². The smallest absolute Gasteiger partial charge is 0.296 e. The predicted octanol–water partition coefficient (Wildman–Crippen LogP) is 8.18. The minimum atomic E-state index is -0.473. The van der Waals surface area contributed by atoms with Gasteiger partial charge in [-0.25, -0.2) is 4.98 Å². The van der Waals surface area contributed by atoms with Crippen molar-refractivity contribution in [3.05, 3.63) is 85.7 Å². The number of aromatic nitrogens is 7. The summed E-state index contributed by atoms with van der Waals surface area (Å²) in [5.41, 5.74) is 6.61. The number of carbonyl (C=O) groups excluding carboxylic acids is 1. The average molecular weight is 895 g/mol. The number of piperidine rings is 1. The second-order valence-corrected chi connectivity index (χ2v) is 18.9. The first-order valence-corrected chi connectivity index (χ1v) is 23.1. The minimum Gasteiger partial charge on any atom is -0.480 e. The zero-order chi connectivity index (χ0) is 42.6. The fraction of sp³-hybridized carbons (Fsp3) is 0.444. The van der Waals surface area contributed by atoms with Crippen molar-refractivity contribution in [1.29, 1.82) is 0 Å². The molecule has 5 aromatic heterocycles. The number of anilines is 1. The summed E-state index contributed by atoms with van der Waals surface area (Å²) in [4.78, 5) is 45.0. The number of nitrogens with zero attached hydrogens (tertiary/aromatic N) is 10. The third-order valence-electron chi connectivity index (χ3n) is 12.9. The summed E-state index contributed by atoms with van der Waals surface area (Å²) in [5.74, 6) is 3.44. The Bertz CT molecular complexity index is 2670. The number of hydrogen-bond donors (Lipinski definition) is 1. The number of hydrogen-bond acceptors (Lipinski definition) is 12. The van der Waals surface area contributed by atoms with Gasteiger partial charge in [-0.05, 0) is 94.7 Å². The van der Waals surface area contributed by atoms with Crippen LogP contribution < -0.4 is 14.4 Å². The molecule has 1 amide bonds. The van der Waals surface area contributed by atoms with E-state index in [0.717, 1.165) is 110 Å². The molecule has 0 unspecified atom stereocenters. The summed E-state index contributed by atoms with van der Waals surface area (Å²) < 4.78 is 13.9. The minimum absolute atomic E-state index is 0.100. The number of methoxy groups -OCH3 is 1. The molecule has 17 heteroatoms. The maximum Gasteiger partial charge on any atom is 0.296 e. The van der Waals surface area contributed by atoms with Gasteiger partial charge in [-0.15, -0.1) is 21.5 Å². The number of ether oxygens (including phenoxy) is 2. The van der Waals surface area contributed by atoms with Crippen molar-refractivity contribution in [2.24, 2.45) is 10.9 Å². The molecule has 4 aliphatic rings. The number of carbonyl (C=O) groups is 1. The van der Waals surface area contributed by atoms with E-state index >= 15 is 0 Å². The summed E-state index contributed by atoms with van der Waals surface area (Å²) >= 11 is 14.8. The fourth-order valence-electron chi connectivity index (χ4n) is 9.05. The van der Waals surface area contributed by atoms with Crippen LogP contribution in [0.15, 0.2) is 47.5 Å². The molecule has 0 bridgehead atoms. The van der Waals surface area contributed by atoms with Gasteiger partial charge in [-0.2, -0.15) is 9.97 Å². The molecule has 322 valence electrons. The number of amides is 1. The number of H-pyrrole nitrogens is 1. The third kappa shape index (κ3) is 7.81. The normalized spacial score (nSPS) is 18.6. The van der Waals surface area contributed by atoms with Crippen LogP contribution >= 0.6 is 34.5 Å². The van der Waals surface area contributed by atoms with E-state index in [4.69, 9.17) is 47.6 Å². The number of rotatable bonds is 10. The Morgan fingerprint density at radius 2 is 1.69 bits per heavy atom. The number of pyridine rings is 2. The maximum absolute atomic E-state index is 14.1. The monoisotopic (exact) mass is 893 g/mol. The Balaban J connectivity index is 0.758. The van der Waals surface area contributed by atoms with Crippen molar-refractivity contribution in [3.8, 4) is 28.1 Å². The summed E-state index contributed by atoms with van der Waals surface area (Å²) in [7, 11) is 1.62. The Hall–Kier alpha value is -5.09. The fourth-order valence-corrected chi connectivity index (χ4v) is 10.6. The molecule has 1 atom stereocenters. The van der Waals surface area contributed by atoms with Gasteiger partial charge in [-0.1, -0.05) is 35.3 Å². The van der Waals surface area contributed by atoms with Gasteiger partial charge < -0.3 is 24.3 Å². The summed E-state index contributed by atoms with van der Waals surface area (Å²) in [6.07, 6.45) is 5.64. The number of thiophene rings is 1. The van der Waals surface area contributed by atoms with Crippen LogP contribution in [0.25, 0.3) is 27.4 Å². The van der Waals surface area contributed by atoms with Crippen LogP contribution in [-0.4, -0.2) is 115 Å². The highest BCUT2D eigenvalue weighted by Gasteiger charge is 2.35. The molecule has 6 aromatic rings. The number of halogens is 2. The van der Waals surface area contributed by atoms with Crippen LogP contribution in [-0.2, 0) is 4.79 Å². The lowest BCUT2D eigenvalue weighted by atomic mass is 9.95. The summed E-state index contributed by atoms with van der Waals surface area (Å²) in [6.45, 7) is 12.3. The Morgan fingerprint density at radius 3 is 2.42 bits per heavy atom. The second kappa shape index (κ2) is 16.9. The number of likely N-dealkylation sites (tertiary alicyclic amines) is 1. The van der Waals surface area contributed by atoms with E-state index in [1.54, 1.807) is 18.4 Å². The molecule has 1 N–H and O–H groups in total. The van der Waals surface area contributed by atoms with Crippen LogP contribution in [0.3, 0.4) is 0 Å². The van der Waals surface area contributed by atoms with Crippen LogP contribution in [0.4, 0.5) is 5.82 Å². The number of piperazine rings is 1. The summed E-state index contributed by atoms with van der Waals surface area (Å²) in [6, 6.07) is 13.6. The van der Waals surface area contributed by atoms with Gasteiger partial charge in [0.15, 0.2) is 11.5 Å². The lowest BCUT2D eigenvalue weighted by Gasteiger charge is -2.39. The number of aromatic amines is 1. The molecule has 0 spiro atoms. The molecular formula is C45H49Cl2N11O3S. The number of benzene rings is 1. The van der Waals surface area contributed by atoms with E-state index in [1.165, 1.54) is 16.9 Å². The molecule has 3 fully saturated rings. The molecule has 1 saturated carbocycles. The van der Waals surface area contributed by atoms with Gasteiger partial charge >= 0.3 is 0 Å². The Morgan fingerprint density at radius 1 is 0.919 bits per heavy atom. The average Bonchev–Trinajstić information content (AvgIpc) is 3.91. The molecule has 14 nitrogen and oxygen atoms in total. The highest BCUT2D eigenvalue weighted by Crippen LogP contribution is 2.41. The second-order valence-electron chi connectivity index (χ2n) is 16.8. The lowest BCUT2D eigenvalue weighted by Crippen LogP contribution is -2.49. The van der Waals surface area contributed by atoms with Crippen molar-refractivity contribution in [2.45, 2.75) is 71.4 Å². The maximum atomic E-state index is 14.1. The Labute approximate surface area is 374 Å². The zero-order valence-corrected chi connectivity index (χ0v) is 37.7. The van der Waals surface area contributed by atoms with Gasteiger partial charge in [0.1, 0.15) is 28.8 Å². The number of aliphatic imine (C=N–C) groups is 1. The van der Waals surface area contributed by atoms with Crippen LogP contribution in [0.5, 0.6) is 11.9 Å². The molecule has 62 heavy (non-hydrogen) atoms. The van der Waals surface area contributed by atoms with Gasteiger partial charge in [0, 0.05) is 66.8 Å². The van der Waals surface area contributed by atoms with E-state index in [9.17, 15) is 4.79 Å². The molecule has 2 saturated heterocycles. The predicted molar refractivity (Wildman–Crippen MR) is 243 cm³/mol. The zero-order valence-electron chi connectivity index (χ0n) is 35.3. The standard InChI is InChI=1S/C45H49Cl2N11O3S/c1-25-26(2)62-44-38(25)39(29-8-10-30(46)11-9-29)48-35(42-54-53-27(3)58(42)44)23-37(59)57-16-14-28(15-17-57)24-55-18-20-56(21-19-55)36-13-12-32(43(50-36)60-4)40-33(47)22-34-41(51-40)52-45(49-34)61-31-6-5-7-31/h8-13,22,28,31,35H,5-7,14-21,23-24H2,1-4H3,(H,49,51,52)/t35-/m0/s1. The van der Waals surface area contributed by atoms with E-state index in [0.29, 0.717) is 50.6 Å². The highest BCUT2D eigenvalue weighted by molar-refractivity contribution is 7.15. The molecular weight excluding hydrogens is 846 g/mol. The largest absolute Gasteiger partial charge is 0.480 e. The quantitative estimate of drug-likeness (QED) is 0.143. The Kier molecular flexibility index (Phi) is 11.2. The van der Waals surface area contributed by atoms with Crippen LogP contribution in [0.2, 0.25) is 10.0 Å². The van der Waals surface area contributed by atoms with Gasteiger partial charge in [0.2, 0.25) is 11.8 Å². The lowest BCUT2D eigenvalue weighted by molar-refractivity contribution is -0.133. The molecule has 0 radical (unpaired) electrons. The van der Waals surface area contributed by atoms with Gasteiger partial charge in [-0.3, -0.25) is 19.3 Å². The summed E-state index contributed by atoms with van der Waals surface area (Å²) in [5, 5.41) is 11.3. The van der Waals surface area contributed by atoms with Crippen molar-refractivity contribution in [1.82, 2.24) is 44.5 Å². The number of aryl methyl sites for hydroxylation is 2. The first-order valence-electron chi connectivity index (χ1n) is 21.5. The van der Waals surface area contributed by atoms with E-state index < -0.39 is 6.04 Å². The van der Waals surface area contributed by atoms with Crippen molar-refractivity contribution >= 4 is 63.1 Å². The van der Waals surface area contributed by atoms with E-state index in [-0.39, 0.29) is 18.4 Å². The first-order chi connectivity index (χ1) is 30.1. The van der Waals surface area contributed by atoms with Crippen molar-refractivity contribution in [2.75, 3.05) is 57.8 Å². The van der Waals surface area contributed by atoms with Crippen molar-refractivity contribution in [3.63, 3.8) is 0 Å². The number of imidazole rings is 1. The van der Waals surface area contributed by atoms with Gasteiger partial charge in [0.05, 0.1) is 41.0 Å². The van der Waals surface area contributed by atoms with Gasteiger partial charge in [0.25, 0.3) is 6.01 Å². The molecule has 10 rings (SSSR count). The molecule has 3 aliphatic heterocycles. The topological polar surface area (TPSA) is 143 Å². The highest BCUT2D eigenvalue weighted by atomic mass is 35.5. The third-order valence-corrected chi connectivity index (χ3v) is 14.7. The molecule has 8 heterocycles. The molecule has 1 aromatic carbocycles. The van der Waals surface area contributed by atoms with Crippen molar-refractivity contribution < 1.29 is 14.3 Å². The SMILES string of the molecule is COc1nc(N2CCN(CC3CCN(C(=O)C[C@@H]4N=C(c5ccc(Cl)cc5)c5c(sc(C)c5C)-n5c(C)nnc54)CC3)CC2)ccc1-c1nc2nc(OC3CCC3)[nH]c2cc1Cl. The van der Waals surface area contributed by atoms with E-state index in [2.05, 4.69) is 48.4 Å². The number of fused-ring (bicyclic) bond motifs is 4. The van der Waals surface area contributed by atoms with E-state index in [1.807, 2.05) is 54.3 Å². The molecule has 1 aliphatic carbocycles. The number of nitrogens with one attached hydrogen (secondary N) is 1. The first kappa shape index (κ1) is 41.0. The van der Waals surface area contributed by atoms with Crippen LogP contribution in [0, 0.1) is 26.7 Å².